The van der Waals surface area contributed by atoms with Crippen LogP contribution >= 0.6 is 11.6 Å². The van der Waals surface area contributed by atoms with Gasteiger partial charge >= 0.3 is 0 Å². The van der Waals surface area contributed by atoms with Gasteiger partial charge in [-0.1, -0.05) is 67.3 Å². The van der Waals surface area contributed by atoms with E-state index in [0.29, 0.717) is 11.1 Å². The summed E-state index contributed by atoms with van der Waals surface area (Å²) in [5.41, 5.74) is 2.91. The van der Waals surface area contributed by atoms with Crippen molar-refractivity contribution < 1.29 is 4.79 Å². The summed E-state index contributed by atoms with van der Waals surface area (Å²) < 4.78 is 0. The molecule has 0 heterocycles. The topological polar surface area (TPSA) is 32.3 Å². The van der Waals surface area contributed by atoms with Crippen LogP contribution in [0.15, 0.2) is 48.5 Å². The molecule has 138 valence electrons. The zero-order chi connectivity index (χ0) is 18.4. The van der Waals surface area contributed by atoms with Gasteiger partial charge in [0.05, 0.1) is 6.42 Å². The second-order valence-corrected chi connectivity index (χ2v) is 7.59. The van der Waals surface area contributed by atoms with Crippen molar-refractivity contribution >= 4 is 23.2 Å². The van der Waals surface area contributed by atoms with Crippen LogP contribution in [0.4, 0.5) is 5.69 Å². The standard InChI is InChI=1S/C22H27ClN2O/c1-25(19-11-3-2-4-12-19)16-18-10-6-8-14-21(18)24-22(26)15-17-9-5-7-13-20(17)23/h5-10,13-14,19H,2-4,11-12,15-16H2,1H3,(H,24,26). The third-order valence-corrected chi connectivity index (χ3v) is 5.59. The average molecular weight is 371 g/mol. The summed E-state index contributed by atoms with van der Waals surface area (Å²) >= 11 is 6.17. The molecule has 3 rings (SSSR count). The zero-order valence-electron chi connectivity index (χ0n) is 15.4. The van der Waals surface area contributed by atoms with Crippen molar-refractivity contribution in [3.63, 3.8) is 0 Å². The fourth-order valence-electron chi connectivity index (χ4n) is 3.71. The lowest BCUT2D eigenvalue weighted by Crippen LogP contribution is -2.33. The number of benzene rings is 2. The van der Waals surface area contributed by atoms with Gasteiger partial charge in [-0.3, -0.25) is 9.69 Å². The molecular weight excluding hydrogens is 344 g/mol. The zero-order valence-corrected chi connectivity index (χ0v) is 16.1. The molecule has 0 radical (unpaired) electrons. The number of amides is 1. The summed E-state index contributed by atoms with van der Waals surface area (Å²) in [6, 6.07) is 16.2. The first kappa shape index (κ1) is 18.9. The Kier molecular flexibility index (Phi) is 6.70. The maximum atomic E-state index is 12.5. The summed E-state index contributed by atoms with van der Waals surface area (Å²) in [5.74, 6) is -0.0362. The van der Waals surface area contributed by atoms with Crippen LogP contribution in [0.25, 0.3) is 0 Å². The Morgan fingerprint density at radius 3 is 2.42 bits per heavy atom. The Hall–Kier alpha value is -1.84. The highest BCUT2D eigenvalue weighted by Gasteiger charge is 2.19. The van der Waals surface area contributed by atoms with E-state index < -0.39 is 0 Å². The molecule has 26 heavy (non-hydrogen) atoms. The summed E-state index contributed by atoms with van der Waals surface area (Å²) in [6.45, 7) is 0.854. The van der Waals surface area contributed by atoms with Crippen molar-refractivity contribution in [2.75, 3.05) is 12.4 Å². The second kappa shape index (κ2) is 9.20. The SMILES string of the molecule is CN(Cc1ccccc1NC(=O)Cc1ccccc1Cl)C1CCCCC1. The lowest BCUT2D eigenvalue weighted by atomic mass is 9.94. The van der Waals surface area contributed by atoms with Crippen molar-refractivity contribution in [3.05, 3.63) is 64.7 Å². The number of para-hydroxylation sites is 1. The third-order valence-electron chi connectivity index (χ3n) is 5.22. The van der Waals surface area contributed by atoms with Gasteiger partial charge in [0.25, 0.3) is 0 Å². The highest BCUT2D eigenvalue weighted by atomic mass is 35.5. The molecule has 0 aromatic heterocycles. The van der Waals surface area contributed by atoms with E-state index >= 15 is 0 Å². The van der Waals surface area contributed by atoms with Crippen LogP contribution in [0, 0.1) is 0 Å². The molecule has 0 unspecified atom stereocenters. The molecule has 2 aromatic carbocycles. The van der Waals surface area contributed by atoms with Gasteiger partial charge in [0.1, 0.15) is 0 Å². The van der Waals surface area contributed by atoms with Gasteiger partial charge in [0.15, 0.2) is 0 Å². The van der Waals surface area contributed by atoms with Gasteiger partial charge in [-0.2, -0.15) is 0 Å². The molecule has 1 N–H and O–H groups in total. The Morgan fingerprint density at radius 2 is 1.69 bits per heavy atom. The predicted octanol–water partition coefficient (Wildman–Crippen LogP) is 5.29. The number of anilines is 1. The van der Waals surface area contributed by atoms with Crippen LogP contribution in [-0.2, 0) is 17.8 Å². The monoisotopic (exact) mass is 370 g/mol. The maximum Gasteiger partial charge on any atom is 0.228 e. The second-order valence-electron chi connectivity index (χ2n) is 7.18. The molecule has 1 fully saturated rings. The van der Waals surface area contributed by atoms with Crippen LogP contribution < -0.4 is 5.32 Å². The Balaban J connectivity index is 1.65. The van der Waals surface area contributed by atoms with Crippen molar-refractivity contribution in [2.24, 2.45) is 0 Å². The molecule has 1 aliphatic rings. The van der Waals surface area contributed by atoms with E-state index in [0.717, 1.165) is 23.4 Å². The van der Waals surface area contributed by atoms with Gasteiger partial charge in [0, 0.05) is 23.3 Å². The number of hydrogen-bond donors (Lipinski definition) is 1. The van der Waals surface area contributed by atoms with Crippen LogP contribution in [0.3, 0.4) is 0 Å². The molecule has 2 aromatic rings. The van der Waals surface area contributed by atoms with E-state index in [4.69, 9.17) is 11.6 Å². The molecule has 0 bridgehead atoms. The van der Waals surface area contributed by atoms with E-state index in [1.807, 2.05) is 42.5 Å². The van der Waals surface area contributed by atoms with Gasteiger partial charge < -0.3 is 5.32 Å². The number of halogens is 1. The molecule has 1 aliphatic carbocycles. The molecule has 0 atom stereocenters. The van der Waals surface area contributed by atoms with E-state index in [-0.39, 0.29) is 12.3 Å². The average Bonchev–Trinajstić information content (AvgIpc) is 2.66. The van der Waals surface area contributed by atoms with Crippen LogP contribution in [0.1, 0.15) is 43.2 Å². The Bertz CT molecular complexity index is 740. The smallest absolute Gasteiger partial charge is 0.228 e. The highest BCUT2D eigenvalue weighted by Crippen LogP contribution is 2.25. The molecule has 1 saturated carbocycles. The lowest BCUT2D eigenvalue weighted by Gasteiger charge is -2.31. The fraction of sp³-hybridized carbons (Fsp3) is 0.409. The number of hydrogen-bond acceptors (Lipinski definition) is 2. The van der Waals surface area contributed by atoms with E-state index in [1.165, 1.54) is 32.1 Å². The van der Waals surface area contributed by atoms with Crippen molar-refractivity contribution in [3.8, 4) is 0 Å². The van der Waals surface area contributed by atoms with Gasteiger partial charge in [0.2, 0.25) is 5.91 Å². The Labute approximate surface area is 161 Å². The molecule has 1 amide bonds. The van der Waals surface area contributed by atoms with Crippen molar-refractivity contribution in [1.29, 1.82) is 0 Å². The van der Waals surface area contributed by atoms with E-state index in [2.05, 4.69) is 23.3 Å². The molecular formula is C22H27ClN2O. The predicted molar refractivity (Wildman–Crippen MR) is 109 cm³/mol. The van der Waals surface area contributed by atoms with Crippen LogP contribution in [0.5, 0.6) is 0 Å². The molecule has 3 nitrogen and oxygen atoms in total. The minimum atomic E-state index is -0.0362. The first-order chi connectivity index (χ1) is 12.6. The fourth-order valence-corrected chi connectivity index (χ4v) is 3.91. The van der Waals surface area contributed by atoms with Crippen molar-refractivity contribution in [1.82, 2.24) is 4.90 Å². The first-order valence-electron chi connectivity index (χ1n) is 9.45. The Morgan fingerprint density at radius 1 is 1.04 bits per heavy atom. The summed E-state index contributed by atoms with van der Waals surface area (Å²) in [4.78, 5) is 14.9. The normalized spacial score (nSPS) is 15.2. The molecule has 4 heteroatoms. The van der Waals surface area contributed by atoms with E-state index in [9.17, 15) is 4.79 Å². The van der Waals surface area contributed by atoms with Gasteiger partial charge in [-0.25, -0.2) is 0 Å². The highest BCUT2D eigenvalue weighted by molar-refractivity contribution is 6.31. The number of rotatable bonds is 6. The lowest BCUT2D eigenvalue weighted by molar-refractivity contribution is -0.115. The largest absolute Gasteiger partial charge is 0.325 e. The minimum Gasteiger partial charge on any atom is -0.325 e. The van der Waals surface area contributed by atoms with Gasteiger partial charge in [-0.05, 0) is 43.1 Å². The maximum absolute atomic E-state index is 12.5. The number of nitrogens with zero attached hydrogens (tertiary/aromatic N) is 1. The van der Waals surface area contributed by atoms with Crippen LogP contribution in [0.2, 0.25) is 5.02 Å². The summed E-state index contributed by atoms with van der Waals surface area (Å²) in [7, 11) is 2.19. The minimum absolute atomic E-state index is 0.0362. The first-order valence-corrected chi connectivity index (χ1v) is 9.82. The quantitative estimate of drug-likeness (QED) is 0.749. The molecule has 0 saturated heterocycles. The van der Waals surface area contributed by atoms with E-state index in [1.54, 1.807) is 0 Å². The number of nitrogens with one attached hydrogen (secondary N) is 1. The number of carbonyl (C=O) groups excluding carboxylic acids is 1. The summed E-state index contributed by atoms with van der Waals surface area (Å²) in [6.07, 6.45) is 6.84. The van der Waals surface area contributed by atoms with Gasteiger partial charge in [-0.15, -0.1) is 0 Å². The van der Waals surface area contributed by atoms with Crippen LogP contribution in [-0.4, -0.2) is 23.9 Å². The molecule has 0 spiro atoms. The molecule has 0 aliphatic heterocycles. The third kappa shape index (κ3) is 5.09. The summed E-state index contributed by atoms with van der Waals surface area (Å²) in [5, 5.41) is 3.70. The number of carbonyl (C=O) groups is 1. The van der Waals surface area contributed by atoms with Crippen molar-refractivity contribution in [2.45, 2.75) is 51.1 Å².